The maximum Gasteiger partial charge on any atom is 0.303 e. The van der Waals surface area contributed by atoms with E-state index in [-0.39, 0.29) is 6.42 Å². The van der Waals surface area contributed by atoms with Crippen molar-refractivity contribution in [1.82, 2.24) is 4.57 Å². The second kappa shape index (κ2) is 4.51. The Kier molecular flexibility index (Phi) is 3.56. The van der Waals surface area contributed by atoms with E-state index in [1.54, 1.807) is 0 Å². The highest BCUT2D eigenvalue weighted by molar-refractivity contribution is 5.67. The van der Waals surface area contributed by atoms with E-state index in [4.69, 9.17) is 5.11 Å². The number of hydrogen-bond acceptors (Lipinski definition) is 1. The van der Waals surface area contributed by atoms with Gasteiger partial charge in [0.15, 0.2) is 0 Å². The molecule has 3 nitrogen and oxygen atoms in total. The Morgan fingerprint density at radius 2 is 2.07 bits per heavy atom. The maximum atomic E-state index is 10.5. The third kappa shape index (κ3) is 2.61. The van der Waals surface area contributed by atoms with Crippen molar-refractivity contribution < 1.29 is 9.90 Å². The molecule has 1 rings (SSSR count). The first kappa shape index (κ1) is 11.8. The van der Waals surface area contributed by atoms with Crippen LogP contribution in [0.2, 0.25) is 0 Å². The zero-order valence-corrected chi connectivity index (χ0v) is 9.87. The van der Waals surface area contributed by atoms with Crippen molar-refractivity contribution in [3.63, 3.8) is 0 Å². The predicted molar refractivity (Wildman–Crippen MR) is 60.2 cm³/mol. The number of carboxylic acid groups (broad SMARTS) is 1. The molecule has 0 spiro atoms. The van der Waals surface area contributed by atoms with Gasteiger partial charge in [-0.1, -0.05) is 0 Å². The molecule has 0 aromatic carbocycles. The minimum absolute atomic E-state index is 0.211. The summed E-state index contributed by atoms with van der Waals surface area (Å²) in [6.45, 7) is 8.41. The van der Waals surface area contributed by atoms with Gasteiger partial charge in [-0.3, -0.25) is 4.79 Å². The van der Waals surface area contributed by atoms with Gasteiger partial charge < -0.3 is 9.67 Å². The van der Waals surface area contributed by atoms with Crippen molar-refractivity contribution in [2.75, 3.05) is 0 Å². The van der Waals surface area contributed by atoms with Gasteiger partial charge in [-0.05, 0) is 45.7 Å². The van der Waals surface area contributed by atoms with Gasteiger partial charge >= 0.3 is 5.97 Å². The van der Waals surface area contributed by atoms with Crippen molar-refractivity contribution in [2.45, 2.75) is 46.6 Å². The van der Waals surface area contributed by atoms with E-state index >= 15 is 0 Å². The highest BCUT2D eigenvalue weighted by atomic mass is 16.4. The van der Waals surface area contributed by atoms with Crippen LogP contribution in [0, 0.1) is 13.8 Å². The van der Waals surface area contributed by atoms with Crippen LogP contribution in [0.1, 0.15) is 43.3 Å². The Balaban J connectivity index is 2.91. The molecule has 0 atom stereocenters. The Hall–Kier alpha value is -1.25. The van der Waals surface area contributed by atoms with E-state index in [1.165, 1.54) is 11.4 Å². The number of aryl methyl sites for hydroxylation is 2. The van der Waals surface area contributed by atoms with Crippen molar-refractivity contribution >= 4 is 5.97 Å². The molecule has 0 bridgehead atoms. The summed E-state index contributed by atoms with van der Waals surface area (Å²) in [6.07, 6.45) is 0.837. The zero-order chi connectivity index (χ0) is 11.6. The highest BCUT2D eigenvalue weighted by Crippen LogP contribution is 2.21. The minimum Gasteiger partial charge on any atom is -0.481 e. The molecular formula is C12H19NO2. The molecule has 3 heteroatoms. The predicted octanol–water partition coefficient (Wildman–Crippen LogP) is 2.70. The fourth-order valence-corrected chi connectivity index (χ4v) is 2.13. The van der Waals surface area contributed by atoms with Gasteiger partial charge in [-0.25, -0.2) is 0 Å². The highest BCUT2D eigenvalue weighted by Gasteiger charge is 2.11. The number of carbonyl (C=O) groups is 1. The molecule has 15 heavy (non-hydrogen) atoms. The van der Waals surface area contributed by atoms with Crippen LogP contribution in [0.15, 0.2) is 6.07 Å². The van der Waals surface area contributed by atoms with Crippen LogP contribution in [0.5, 0.6) is 0 Å². The van der Waals surface area contributed by atoms with Crippen LogP contribution < -0.4 is 0 Å². The molecular weight excluding hydrogens is 190 g/mol. The molecule has 0 aliphatic rings. The number of nitrogens with zero attached hydrogens (tertiary/aromatic N) is 1. The number of carboxylic acids is 1. The third-order valence-electron chi connectivity index (χ3n) is 2.71. The van der Waals surface area contributed by atoms with Gasteiger partial charge in [0, 0.05) is 23.9 Å². The van der Waals surface area contributed by atoms with Crippen LogP contribution in [0.25, 0.3) is 0 Å². The summed E-state index contributed by atoms with van der Waals surface area (Å²) in [5.74, 6) is -0.732. The van der Waals surface area contributed by atoms with Crippen molar-refractivity contribution in [3.8, 4) is 0 Å². The number of aliphatic carboxylic acids is 1. The Labute approximate surface area is 90.7 Å². The first-order valence-electron chi connectivity index (χ1n) is 5.32. The SMILES string of the molecule is Cc1cc(CCC(=O)O)c(C)n1C(C)C. The lowest BCUT2D eigenvalue weighted by Gasteiger charge is -2.13. The molecule has 1 aromatic rings. The number of rotatable bonds is 4. The van der Waals surface area contributed by atoms with Crippen LogP contribution in [-0.2, 0) is 11.2 Å². The van der Waals surface area contributed by atoms with E-state index in [1.807, 2.05) is 0 Å². The van der Waals surface area contributed by atoms with Crippen molar-refractivity contribution in [1.29, 1.82) is 0 Å². The molecule has 0 aliphatic carbocycles. The average molecular weight is 209 g/mol. The van der Waals surface area contributed by atoms with Gasteiger partial charge in [-0.2, -0.15) is 0 Å². The summed E-state index contributed by atoms with van der Waals surface area (Å²) in [5, 5.41) is 8.64. The second-order valence-corrected chi connectivity index (χ2v) is 4.25. The smallest absolute Gasteiger partial charge is 0.303 e. The molecule has 1 N–H and O–H groups in total. The Morgan fingerprint density at radius 1 is 1.47 bits per heavy atom. The van der Waals surface area contributed by atoms with Crippen LogP contribution in [0.3, 0.4) is 0 Å². The van der Waals surface area contributed by atoms with Crippen molar-refractivity contribution in [2.24, 2.45) is 0 Å². The minimum atomic E-state index is -0.732. The lowest BCUT2D eigenvalue weighted by molar-refractivity contribution is -0.136. The number of aromatic nitrogens is 1. The van der Waals surface area contributed by atoms with Gasteiger partial charge in [0.25, 0.3) is 0 Å². The Bertz CT molecular complexity index is 364. The molecule has 0 radical (unpaired) electrons. The van der Waals surface area contributed by atoms with Crippen molar-refractivity contribution in [3.05, 3.63) is 23.0 Å². The summed E-state index contributed by atoms with van der Waals surface area (Å²) in [6, 6.07) is 2.53. The molecule has 0 aliphatic heterocycles. The van der Waals surface area contributed by atoms with Gasteiger partial charge in [0.05, 0.1) is 0 Å². The topological polar surface area (TPSA) is 42.2 Å². The molecule has 1 heterocycles. The average Bonchev–Trinajstić information content (AvgIpc) is 2.37. The first-order chi connectivity index (χ1) is 6.93. The molecule has 0 unspecified atom stereocenters. The Morgan fingerprint density at radius 3 is 2.47 bits per heavy atom. The van der Waals surface area contributed by atoms with Crippen LogP contribution >= 0.6 is 0 Å². The lowest BCUT2D eigenvalue weighted by Crippen LogP contribution is -2.05. The molecule has 1 aromatic heterocycles. The molecule has 0 amide bonds. The summed E-state index contributed by atoms with van der Waals surface area (Å²) in [4.78, 5) is 10.5. The zero-order valence-electron chi connectivity index (χ0n) is 9.87. The largest absolute Gasteiger partial charge is 0.481 e. The fraction of sp³-hybridized carbons (Fsp3) is 0.583. The number of hydrogen-bond donors (Lipinski definition) is 1. The monoisotopic (exact) mass is 209 g/mol. The quantitative estimate of drug-likeness (QED) is 0.828. The van der Waals surface area contributed by atoms with E-state index < -0.39 is 5.97 Å². The lowest BCUT2D eigenvalue weighted by atomic mass is 10.1. The second-order valence-electron chi connectivity index (χ2n) is 4.25. The molecule has 0 saturated carbocycles. The van der Waals surface area contributed by atoms with E-state index in [0.717, 1.165) is 5.56 Å². The normalized spacial score (nSPS) is 11.0. The summed E-state index contributed by atoms with van der Waals surface area (Å²) in [5.41, 5.74) is 3.57. The third-order valence-corrected chi connectivity index (χ3v) is 2.71. The van der Waals surface area contributed by atoms with Crippen LogP contribution in [0.4, 0.5) is 0 Å². The van der Waals surface area contributed by atoms with Gasteiger partial charge in [-0.15, -0.1) is 0 Å². The van der Waals surface area contributed by atoms with Gasteiger partial charge in [0.1, 0.15) is 0 Å². The molecule has 0 fully saturated rings. The standard InChI is InChI=1S/C12H19NO2/c1-8(2)13-9(3)7-11(10(13)4)5-6-12(14)15/h7-8H,5-6H2,1-4H3,(H,14,15). The fourth-order valence-electron chi connectivity index (χ4n) is 2.13. The van der Waals surface area contributed by atoms with Crippen LogP contribution in [-0.4, -0.2) is 15.6 Å². The molecule has 0 saturated heterocycles. The first-order valence-corrected chi connectivity index (χ1v) is 5.32. The maximum absolute atomic E-state index is 10.5. The van der Waals surface area contributed by atoms with E-state index in [9.17, 15) is 4.79 Å². The summed E-state index contributed by atoms with van der Waals surface area (Å²) in [7, 11) is 0. The van der Waals surface area contributed by atoms with E-state index in [0.29, 0.717) is 12.5 Å². The summed E-state index contributed by atoms with van der Waals surface area (Å²) < 4.78 is 2.25. The van der Waals surface area contributed by atoms with Gasteiger partial charge in [0.2, 0.25) is 0 Å². The molecule has 84 valence electrons. The summed E-state index contributed by atoms with van der Waals surface area (Å²) >= 11 is 0. The van der Waals surface area contributed by atoms with E-state index in [2.05, 4.69) is 38.3 Å².